The molecular formula is C19H22N2O4. The smallest absolute Gasteiger partial charge is 0.339 e. The molecule has 0 saturated carbocycles. The number of anilines is 1. The van der Waals surface area contributed by atoms with E-state index < -0.39 is 12.0 Å². The van der Waals surface area contributed by atoms with Gasteiger partial charge in [0, 0.05) is 0 Å². The van der Waals surface area contributed by atoms with Gasteiger partial charge in [-0.3, -0.25) is 0 Å². The molecule has 0 heterocycles. The number of esters is 1. The number of nitrogens with one attached hydrogen (secondary N) is 2. The highest BCUT2D eigenvalue weighted by atomic mass is 16.5. The average molecular weight is 342 g/mol. The van der Waals surface area contributed by atoms with E-state index in [1.54, 1.807) is 24.3 Å². The lowest BCUT2D eigenvalue weighted by Gasteiger charge is -2.11. The second kappa shape index (κ2) is 9.32. The Bertz CT molecular complexity index is 714. The zero-order valence-electron chi connectivity index (χ0n) is 14.4. The van der Waals surface area contributed by atoms with Gasteiger partial charge in [-0.25, -0.2) is 9.59 Å². The molecule has 2 amide bonds. The molecule has 0 bridgehead atoms. The summed E-state index contributed by atoms with van der Waals surface area (Å²) >= 11 is 0. The van der Waals surface area contributed by atoms with Crippen LogP contribution in [0.5, 0.6) is 5.75 Å². The van der Waals surface area contributed by atoms with E-state index in [1.807, 2.05) is 24.3 Å². The summed E-state index contributed by atoms with van der Waals surface area (Å²) in [7, 11) is 1.29. The third-order valence-electron chi connectivity index (χ3n) is 3.51. The Morgan fingerprint density at radius 2 is 1.76 bits per heavy atom. The van der Waals surface area contributed by atoms with E-state index in [0.29, 0.717) is 11.4 Å². The molecule has 0 atom stereocenters. The highest BCUT2D eigenvalue weighted by molar-refractivity contribution is 6.00. The van der Waals surface area contributed by atoms with Crippen molar-refractivity contribution >= 4 is 17.7 Å². The molecule has 132 valence electrons. The number of ether oxygens (including phenoxy) is 2. The topological polar surface area (TPSA) is 76.7 Å². The molecule has 2 aromatic carbocycles. The highest BCUT2D eigenvalue weighted by Gasteiger charge is 2.12. The third-order valence-corrected chi connectivity index (χ3v) is 3.51. The Morgan fingerprint density at radius 3 is 2.44 bits per heavy atom. The third kappa shape index (κ3) is 5.53. The van der Waals surface area contributed by atoms with E-state index in [0.717, 1.165) is 12.8 Å². The Kier molecular flexibility index (Phi) is 6.83. The lowest BCUT2D eigenvalue weighted by molar-refractivity contribution is 0.0602. The Labute approximate surface area is 147 Å². The Morgan fingerprint density at radius 1 is 1.04 bits per heavy atom. The fourth-order valence-electron chi connectivity index (χ4n) is 2.27. The molecule has 2 N–H and O–H groups in total. The molecular weight excluding hydrogens is 320 g/mol. The highest BCUT2D eigenvalue weighted by Crippen LogP contribution is 2.16. The summed E-state index contributed by atoms with van der Waals surface area (Å²) < 4.78 is 10.2. The molecule has 0 unspecified atom stereocenters. The molecule has 0 aliphatic heterocycles. The lowest BCUT2D eigenvalue weighted by atomic mass is 10.1. The van der Waals surface area contributed by atoms with Crippen molar-refractivity contribution in [2.45, 2.75) is 19.8 Å². The van der Waals surface area contributed by atoms with Gasteiger partial charge in [0.05, 0.1) is 18.4 Å². The van der Waals surface area contributed by atoms with Crippen LogP contribution in [0.25, 0.3) is 0 Å². The lowest BCUT2D eigenvalue weighted by Crippen LogP contribution is -2.32. The first-order chi connectivity index (χ1) is 12.1. The SMILES string of the molecule is CCCc1ccc(OCNC(=O)Nc2ccccc2C(=O)OC)cc1. The van der Waals surface area contributed by atoms with Gasteiger partial charge in [0.2, 0.25) is 0 Å². The molecule has 2 aromatic rings. The van der Waals surface area contributed by atoms with Crippen LogP contribution in [0.3, 0.4) is 0 Å². The van der Waals surface area contributed by atoms with Crippen LogP contribution < -0.4 is 15.4 Å². The number of hydrogen-bond donors (Lipinski definition) is 2. The van der Waals surface area contributed by atoms with Crippen molar-refractivity contribution in [2.24, 2.45) is 0 Å². The second-order valence-electron chi connectivity index (χ2n) is 5.35. The molecule has 0 saturated heterocycles. The fourth-order valence-corrected chi connectivity index (χ4v) is 2.27. The number of urea groups is 1. The Hall–Kier alpha value is -3.02. The van der Waals surface area contributed by atoms with Crippen molar-refractivity contribution in [1.29, 1.82) is 0 Å². The van der Waals surface area contributed by atoms with Gasteiger partial charge in [-0.1, -0.05) is 37.6 Å². The minimum Gasteiger partial charge on any atom is -0.473 e. The van der Waals surface area contributed by atoms with Gasteiger partial charge in [-0.05, 0) is 36.2 Å². The molecule has 6 nitrogen and oxygen atoms in total. The number of carbonyl (C=O) groups excluding carboxylic acids is 2. The average Bonchev–Trinajstić information content (AvgIpc) is 2.63. The minimum absolute atomic E-state index is 0.0132. The van der Waals surface area contributed by atoms with Crippen molar-refractivity contribution < 1.29 is 19.1 Å². The van der Waals surface area contributed by atoms with Gasteiger partial charge in [-0.2, -0.15) is 0 Å². The number of rotatable bonds is 7. The maximum absolute atomic E-state index is 12.0. The first-order valence-electron chi connectivity index (χ1n) is 8.08. The number of carbonyl (C=O) groups is 2. The van der Waals surface area contributed by atoms with E-state index >= 15 is 0 Å². The summed E-state index contributed by atoms with van der Waals surface area (Å²) in [5, 5.41) is 5.19. The van der Waals surface area contributed by atoms with E-state index in [4.69, 9.17) is 4.74 Å². The molecule has 0 aromatic heterocycles. The van der Waals surface area contributed by atoms with Crippen molar-refractivity contribution in [3.8, 4) is 5.75 Å². The normalized spacial score (nSPS) is 10.0. The minimum atomic E-state index is -0.515. The number of para-hydroxylation sites is 1. The quantitative estimate of drug-likeness (QED) is 0.595. The summed E-state index contributed by atoms with van der Waals surface area (Å²) in [5.41, 5.74) is 1.91. The predicted molar refractivity (Wildman–Crippen MR) is 95.9 cm³/mol. The summed E-state index contributed by atoms with van der Waals surface area (Å²) in [6, 6.07) is 13.9. The number of benzene rings is 2. The Balaban J connectivity index is 1.84. The summed E-state index contributed by atoms with van der Waals surface area (Å²) in [5.74, 6) is 0.162. The van der Waals surface area contributed by atoms with Gasteiger partial charge in [0.15, 0.2) is 6.73 Å². The van der Waals surface area contributed by atoms with Crippen molar-refractivity contribution in [1.82, 2.24) is 5.32 Å². The standard InChI is InChI=1S/C19H22N2O4/c1-3-6-14-9-11-15(12-10-14)25-13-20-19(23)21-17-8-5-4-7-16(17)18(22)24-2/h4-5,7-12H,3,6,13H2,1-2H3,(H2,20,21,23). The molecule has 0 aliphatic rings. The van der Waals surface area contributed by atoms with Gasteiger partial charge >= 0.3 is 12.0 Å². The second-order valence-corrected chi connectivity index (χ2v) is 5.35. The summed E-state index contributed by atoms with van der Waals surface area (Å²) in [6.07, 6.45) is 2.12. The van der Waals surface area contributed by atoms with E-state index in [2.05, 4.69) is 22.3 Å². The van der Waals surface area contributed by atoms with Crippen LogP contribution >= 0.6 is 0 Å². The number of hydrogen-bond acceptors (Lipinski definition) is 4. The van der Waals surface area contributed by atoms with Crippen LogP contribution in [0.1, 0.15) is 29.3 Å². The van der Waals surface area contributed by atoms with E-state index in [-0.39, 0.29) is 12.3 Å². The summed E-state index contributed by atoms with van der Waals surface area (Å²) in [6.45, 7) is 2.14. The number of aryl methyl sites for hydroxylation is 1. The van der Waals surface area contributed by atoms with Crippen LogP contribution in [0.2, 0.25) is 0 Å². The molecule has 2 rings (SSSR count). The van der Waals surface area contributed by atoms with Crippen LogP contribution in [0, 0.1) is 0 Å². The molecule has 0 aliphatic carbocycles. The van der Waals surface area contributed by atoms with Crippen LogP contribution in [0.15, 0.2) is 48.5 Å². The molecule has 25 heavy (non-hydrogen) atoms. The zero-order valence-corrected chi connectivity index (χ0v) is 14.4. The molecule has 0 spiro atoms. The maximum Gasteiger partial charge on any atom is 0.339 e. The van der Waals surface area contributed by atoms with Crippen molar-refractivity contribution in [2.75, 3.05) is 19.2 Å². The van der Waals surface area contributed by atoms with E-state index in [9.17, 15) is 9.59 Å². The van der Waals surface area contributed by atoms with Crippen molar-refractivity contribution in [3.63, 3.8) is 0 Å². The van der Waals surface area contributed by atoms with Crippen LogP contribution in [-0.4, -0.2) is 25.8 Å². The molecule has 6 heteroatoms. The molecule has 0 radical (unpaired) electrons. The molecule has 0 fully saturated rings. The van der Waals surface area contributed by atoms with Gasteiger partial charge in [0.1, 0.15) is 5.75 Å². The predicted octanol–water partition coefficient (Wildman–Crippen LogP) is 3.58. The van der Waals surface area contributed by atoms with Crippen LogP contribution in [-0.2, 0) is 11.2 Å². The zero-order chi connectivity index (χ0) is 18.1. The van der Waals surface area contributed by atoms with Gasteiger partial charge < -0.3 is 20.1 Å². The summed E-state index contributed by atoms with van der Waals surface area (Å²) in [4.78, 5) is 23.6. The largest absolute Gasteiger partial charge is 0.473 e. The van der Waals surface area contributed by atoms with E-state index in [1.165, 1.54) is 12.7 Å². The first kappa shape index (κ1) is 18.3. The maximum atomic E-state index is 12.0. The number of amides is 2. The first-order valence-corrected chi connectivity index (χ1v) is 8.08. The fraction of sp³-hybridized carbons (Fsp3) is 0.263. The van der Waals surface area contributed by atoms with Crippen molar-refractivity contribution in [3.05, 3.63) is 59.7 Å². The van der Waals surface area contributed by atoms with Crippen LogP contribution in [0.4, 0.5) is 10.5 Å². The van der Waals surface area contributed by atoms with Gasteiger partial charge in [-0.15, -0.1) is 0 Å². The monoisotopic (exact) mass is 342 g/mol. The number of methoxy groups -OCH3 is 1. The van der Waals surface area contributed by atoms with Gasteiger partial charge in [0.25, 0.3) is 0 Å².